The standard InChI is InChI=1S/C8H7IO2/c1-5-3-2-4-6(7(5)9)8(10)11/h2-4H,1H3,(H,10,11)/p-1. The number of aryl methyl sites for hydroxylation is 1. The molecule has 1 rings (SSSR count). The maximum atomic E-state index is 10.5. The number of aromatic carboxylic acids is 1. The molecule has 1 aromatic carbocycles. The molecule has 1 aromatic rings. The van der Waals surface area contributed by atoms with Gasteiger partial charge in [0.05, 0.1) is 5.97 Å². The summed E-state index contributed by atoms with van der Waals surface area (Å²) >= 11 is 2.00. The van der Waals surface area contributed by atoms with Gasteiger partial charge in [-0.05, 0) is 35.1 Å². The Kier molecular flexibility index (Phi) is 2.49. The van der Waals surface area contributed by atoms with E-state index in [4.69, 9.17) is 0 Å². The lowest BCUT2D eigenvalue weighted by molar-refractivity contribution is -0.255. The van der Waals surface area contributed by atoms with Crippen LogP contribution in [0.5, 0.6) is 0 Å². The number of carbonyl (C=O) groups is 1. The maximum absolute atomic E-state index is 10.5. The van der Waals surface area contributed by atoms with Gasteiger partial charge in [0.25, 0.3) is 0 Å². The second kappa shape index (κ2) is 3.21. The fourth-order valence-electron chi connectivity index (χ4n) is 0.805. The summed E-state index contributed by atoms with van der Waals surface area (Å²) in [5, 5.41) is 10.5. The van der Waals surface area contributed by atoms with Crippen LogP contribution in [-0.2, 0) is 0 Å². The third kappa shape index (κ3) is 1.71. The molecule has 0 aliphatic carbocycles. The molecule has 0 bridgehead atoms. The Hall–Kier alpha value is -0.580. The molecule has 0 aromatic heterocycles. The van der Waals surface area contributed by atoms with Gasteiger partial charge in [-0.3, -0.25) is 0 Å². The molecule has 58 valence electrons. The lowest BCUT2D eigenvalue weighted by atomic mass is 10.1. The fourth-order valence-corrected chi connectivity index (χ4v) is 1.38. The number of halogens is 1. The summed E-state index contributed by atoms with van der Waals surface area (Å²) < 4.78 is 0.755. The third-order valence-electron chi connectivity index (χ3n) is 1.41. The molecule has 0 spiro atoms. The van der Waals surface area contributed by atoms with Crippen molar-refractivity contribution in [3.05, 3.63) is 32.9 Å². The first kappa shape index (κ1) is 8.52. The van der Waals surface area contributed by atoms with Crippen LogP contribution in [-0.4, -0.2) is 5.97 Å². The van der Waals surface area contributed by atoms with E-state index in [2.05, 4.69) is 0 Å². The average molecular weight is 261 g/mol. The first-order valence-electron chi connectivity index (χ1n) is 3.09. The van der Waals surface area contributed by atoms with E-state index in [0.717, 1.165) is 9.13 Å². The van der Waals surface area contributed by atoms with Gasteiger partial charge in [0.2, 0.25) is 0 Å². The van der Waals surface area contributed by atoms with Crippen molar-refractivity contribution in [2.75, 3.05) is 0 Å². The summed E-state index contributed by atoms with van der Waals surface area (Å²) in [4.78, 5) is 10.5. The first-order valence-corrected chi connectivity index (χ1v) is 4.17. The topological polar surface area (TPSA) is 40.1 Å². The summed E-state index contributed by atoms with van der Waals surface area (Å²) in [6, 6.07) is 5.13. The van der Waals surface area contributed by atoms with Crippen LogP contribution in [0.3, 0.4) is 0 Å². The molecule has 0 aliphatic heterocycles. The number of carbonyl (C=O) groups excluding carboxylic acids is 1. The SMILES string of the molecule is Cc1cccc(C(=O)[O-])c1I. The molecule has 0 unspecified atom stereocenters. The zero-order valence-electron chi connectivity index (χ0n) is 5.93. The van der Waals surface area contributed by atoms with Gasteiger partial charge in [0.1, 0.15) is 0 Å². The number of hydrogen-bond donors (Lipinski definition) is 0. The van der Waals surface area contributed by atoms with Gasteiger partial charge in [0.15, 0.2) is 0 Å². The van der Waals surface area contributed by atoms with Gasteiger partial charge in [-0.1, -0.05) is 18.2 Å². The fraction of sp³-hybridized carbons (Fsp3) is 0.125. The summed E-state index contributed by atoms with van der Waals surface area (Å²) in [6.45, 7) is 1.87. The van der Waals surface area contributed by atoms with Crippen molar-refractivity contribution in [1.29, 1.82) is 0 Å². The first-order chi connectivity index (χ1) is 5.13. The molecule has 0 saturated carbocycles. The van der Waals surface area contributed by atoms with Crippen LogP contribution in [0.1, 0.15) is 15.9 Å². The summed E-state index contributed by atoms with van der Waals surface area (Å²) in [7, 11) is 0. The molecular formula is C8H6IO2-. The second-order valence-corrected chi connectivity index (χ2v) is 3.30. The van der Waals surface area contributed by atoms with E-state index in [0.29, 0.717) is 0 Å². The molecule has 0 N–H and O–H groups in total. The van der Waals surface area contributed by atoms with E-state index in [1.807, 2.05) is 35.6 Å². The Morgan fingerprint density at radius 1 is 1.55 bits per heavy atom. The van der Waals surface area contributed by atoms with Gasteiger partial charge >= 0.3 is 0 Å². The van der Waals surface area contributed by atoms with Crippen molar-refractivity contribution in [2.24, 2.45) is 0 Å². The quantitative estimate of drug-likeness (QED) is 0.706. The molecular weight excluding hydrogens is 255 g/mol. The maximum Gasteiger partial charge on any atom is 0.0726 e. The zero-order valence-corrected chi connectivity index (χ0v) is 8.08. The van der Waals surface area contributed by atoms with Crippen LogP contribution in [0.4, 0.5) is 0 Å². The van der Waals surface area contributed by atoms with Crippen LogP contribution in [0.15, 0.2) is 18.2 Å². The largest absolute Gasteiger partial charge is 0.545 e. The Bertz CT molecular complexity index is 294. The van der Waals surface area contributed by atoms with Crippen molar-refractivity contribution in [3.63, 3.8) is 0 Å². The van der Waals surface area contributed by atoms with Crippen LogP contribution in [0.25, 0.3) is 0 Å². The van der Waals surface area contributed by atoms with Gasteiger partial charge in [-0.15, -0.1) is 0 Å². The summed E-state index contributed by atoms with van der Waals surface area (Å²) in [5.74, 6) is -1.11. The third-order valence-corrected chi connectivity index (χ3v) is 2.84. The van der Waals surface area contributed by atoms with E-state index >= 15 is 0 Å². The molecule has 2 nitrogen and oxygen atoms in total. The molecule has 0 fully saturated rings. The Labute approximate surface area is 78.4 Å². The Morgan fingerprint density at radius 2 is 2.18 bits per heavy atom. The van der Waals surface area contributed by atoms with E-state index in [-0.39, 0.29) is 5.56 Å². The monoisotopic (exact) mass is 261 g/mol. The Morgan fingerprint density at radius 3 is 2.64 bits per heavy atom. The second-order valence-electron chi connectivity index (χ2n) is 2.22. The lowest BCUT2D eigenvalue weighted by Crippen LogP contribution is -2.23. The van der Waals surface area contributed by atoms with Crippen molar-refractivity contribution in [2.45, 2.75) is 6.92 Å². The van der Waals surface area contributed by atoms with Gasteiger partial charge < -0.3 is 9.90 Å². The zero-order chi connectivity index (χ0) is 8.43. The minimum Gasteiger partial charge on any atom is -0.545 e. The van der Waals surface area contributed by atoms with E-state index in [1.54, 1.807) is 12.1 Å². The molecule has 11 heavy (non-hydrogen) atoms. The molecule has 0 radical (unpaired) electrons. The van der Waals surface area contributed by atoms with Crippen molar-refractivity contribution < 1.29 is 9.90 Å². The summed E-state index contributed by atoms with van der Waals surface area (Å²) in [5.41, 5.74) is 1.23. The average Bonchev–Trinajstić information content (AvgIpc) is 1.94. The smallest absolute Gasteiger partial charge is 0.0726 e. The highest BCUT2D eigenvalue weighted by molar-refractivity contribution is 14.1. The number of hydrogen-bond acceptors (Lipinski definition) is 2. The van der Waals surface area contributed by atoms with Crippen LogP contribution >= 0.6 is 22.6 Å². The molecule has 3 heteroatoms. The Balaban J connectivity index is 3.27. The van der Waals surface area contributed by atoms with Crippen LogP contribution in [0, 0.1) is 10.5 Å². The van der Waals surface area contributed by atoms with Crippen molar-refractivity contribution >= 4 is 28.6 Å². The molecule has 0 aliphatic rings. The number of rotatable bonds is 1. The highest BCUT2D eigenvalue weighted by atomic mass is 127. The number of carboxylic acids is 1. The molecule has 0 amide bonds. The van der Waals surface area contributed by atoms with Gasteiger partial charge in [-0.2, -0.15) is 0 Å². The molecule has 0 saturated heterocycles. The van der Waals surface area contributed by atoms with Crippen LogP contribution < -0.4 is 5.11 Å². The van der Waals surface area contributed by atoms with Crippen LogP contribution in [0.2, 0.25) is 0 Å². The molecule has 0 heterocycles. The minimum absolute atomic E-state index is 0.269. The van der Waals surface area contributed by atoms with E-state index in [1.165, 1.54) is 0 Å². The highest BCUT2D eigenvalue weighted by Crippen LogP contribution is 2.15. The van der Waals surface area contributed by atoms with Gasteiger partial charge in [-0.25, -0.2) is 0 Å². The lowest BCUT2D eigenvalue weighted by Gasteiger charge is -2.06. The van der Waals surface area contributed by atoms with Crippen molar-refractivity contribution in [3.8, 4) is 0 Å². The number of benzene rings is 1. The highest BCUT2D eigenvalue weighted by Gasteiger charge is 2.01. The summed E-state index contributed by atoms with van der Waals surface area (Å²) in [6.07, 6.45) is 0. The minimum atomic E-state index is -1.11. The molecule has 0 atom stereocenters. The van der Waals surface area contributed by atoms with Gasteiger partial charge in [0, 0.05) is 9.13 Å². The predicted molar refractivity (Wildman–Crippen MR) is 48.2 cm³/mol. The number of carboxylic acid groups (broad SMARTS) is 1. The van der Waals surface area contributed by atoms with Crippen molar-refractivity contribution in [1.82, 2.24) is 0 Å². The van der Waals surface area contributed by atoms with E-state index < -0.39 is 5.97 Å². The van der Waals surface area contributed by atoms with E-state index in [9.17, 15) is 9.90 Å². The normalized spacial score (nSPS) is 9.64. The predicted octanol–water partition coefficient (Wildman–Crippen LogP) is 0.963.